The van der Waals surface area contributed by atoms with E-state index in [9.17, 15) is 9.59 Å². The van der Waals surface area contributed by atoms with Crippen molar-refractivity contribution >= 4 is 24.6 Å². The highest BCUT2D eigenvalue weighted by Gasteiger charge is 2.16. The summed E-state index contributed by atoms with van der Waals surface area (Å²) in [4.78, 5) is 21.4. The number of hydrogen-bond acceptors (Lipinski definition) is 3. The van der Waals surface area contributed by atoms with Gasteiger partial charge >= 0.3 is 11.9 Å². The number of carboxylic acids is 2. The lowest BCUT2D eigenvalue weighted by atomic mass is 10.1. The highest BCUT2D eigenvalue weighted by molar-refractivity contribution is 7.80. The van der Waals surface area contributed by atoms with Gasteiger partial charge < -0.3 is 10.2 Å². The van der Waals surface area contributed by atoms with Crippen LogP contribution in [-0.4, -0.2) is 22.2 Å². The second kappa shape index (κ2) is 3.71. The Bertz CT molecular complexity index is 376. The molecule has 0 aliphatic carbocycles. The average Bonchev–Trinajstić information content (AvgIpc) is 2.07. The molecule has 0 amide bonds. The average molecular weight is 212 g/mol. The van der Waals surface area contributed by atoms with Crippen molar-refractivity contribution in [3.8, 4) is 0 Å². The molecule has 0 saturated heterocycles. The quantitative estimate of drug-likeness (QED) is 0.652. The third kappa shape index (κ3) is 1.88. The summed E-state index contributed by atoms with van der Waals surface area (Å²) < 4.78 is 0. The Kier molecular flexibility index (Phi) is 2.81. The van der Waals surface area contributed by atoms with E-state index in [1.165, 1.54) is 12.1 Å². The number of aryl methyl sites for hydroxylation is 1. The lowest BCUT2D eigenvalue weighted by molar-refractivity contribution is 0.0690. The number of aromatic carboxylic acids is 2. The Morgan fingerprint density at radius 2 is 1.50 bits per heavy atom. The molecule has 1 aromatic carbocycles. The van der Waals surface area contributed by atoms with Gasteiger partial charge in [0.2, 0.25) is 0 Å². The van der Waals surface area contributed by atoms with Gasteiger partial charge in [0.25, 0.3) is 0 Å². The van der Waals surface area contributed by atoms with Gasteiger partial charge in [-0.3, -0.25) is 0 Å². The van der Waals surface area contributed by atoms with E-state index < -0.39 is 11.9 Å². The largest absolute Gasteiger partial charge is 0.478 e. The van der Waals surface area contributed by atoms with E-state index in [1.54, 1.807) is 6.92 Å². The minimum atomic E-state index is -1.18. The zero-order valence-electron chi connectivity index (χ0n) is 7.31. The lowest BCUT2D eigenvalue weighted by Crippen LogP contribution is -2.05. The Balaban J connectivity index is 3.47. The van der Waals surface area contributed by atoms with E-state index in [1.807, 2.05) is 0 Å². The molecule has 0 spiro atoms. The first-order valence-corrected chi connectivity index (χ1v) is 4.18. The predicted octanol–water partition coefficient (Wildman–Crippen LogP) is 1.68. The van der Waals surface area contributed by atoms with E-state index in [0.717, 1.165) is 0 Å². The molecule has 14 heavy (non-hydrogen) atoms. The van der Waals surface area contributed by atoms with Crippen molar-refractivity contribution in [1.82, 2.24) is 0 Å². The highest BCUT2D eigenvalue weighted by atomic mass is 32.1. The Morgan fingerprint density at radius 3 is 1.79 bits per heavy atom. The molecule has 0 saturated carbocycles. The molecular formula is C9H8O4S. The molecule has 0 heterocycles. The van der Waals surface area contributed by atoms with E-state index in [4.69, 9.17) is 10.2 Å². The monoisotopic (exact) mass is 212 g/mol. The molecule has 0 atom stereocenters. The predicted molar refractivity (Wildman–Crippen MR) is 52.3 cm³/mol. The van der Waals surface area contributed by atoms with Crippen LogP contribution in [0.15, 0.2) is 17.0 Å². The van der Waals surface area contributed by atoms with Crippen molar-refractivity contribution < 1.29 is 19.8 Å². The summed E-state index contributed by atoms with van der Waals surface area (Å²) in [7, 11) is 0. The van der Waals surface area contributed by atoms with Gasteiger partial charge in [-0.1, -0.05) is 0 Å². The molecule has 5 heteroatoms. The maximum absolute atomic E-state index is 10.7. The van der Waals surface area contributed by atoms with E-state index in [0.29, 0.717) is 5.56 Å². The highest BCUT2D eigenvalue weighted by Crippen LogP contribution is 2.21. The standard InChI is InChI=1S/C9H8O4S/c1-4-2-5(8(10)11)7(14)6(3-4)9(12)13/h2-3,14H,1H3,(H,10,11)(H,12,13). The van der Waals surface area contributed by atoms with Crippen LogP contribution >= 0.6 is 12.6 Å². The number of carboxylic acid groups (broad SMARTS) is 2. The summed E-state index contributed by atoms with van der Waals surface area (Å²) >= 11 is 3.88. The van der Waals surface area contributed by atoms with Crippen molar-refractivity contribution in [2.75, 3.05) is 0 Å². The van der Waals surface area contributed by atoms with Crippen LogP contribution in [-0.2, 0) is 0 Å². The van der Waals surface area contributed by atoms with Crippen LogP contribution in [0.1, 0.15) is 26.3 Å². The number of carbonyl (C=O) groups is 2. The molecule has 4 nitrogen and oxygen atoms in total. The van der Waals surface area contributed by atoms with Gasteiger partial charge in [-0.25, -0.2) is 9.59 Å². The number of rotatable bonds is 2. The fraction of sp³-hybridized carbons (Fsp3) is 0.111. The van der Waals surface area contributed by atoms with Crippen LogP contribution < -0.4 is 0 Å². The molecule has 0 radical (unpaired) electrons. The Morgan fingerprint density at radius 1 is 1.14 bits per heavy atom. The zero-order chi connectivity index (χ0) is 10.9. The first-order chi connectivity index (χ1) is 6.43. The van der Waals surface area contributed by atoms with Crippen molar-refractivity contribution in [1.29, 1.82) is 0 Å². The number of benzene rings is 1. The van der Waals surface area contributed by atoms with Gasteiger partial charge in [-0.2, -0.15) is 0 Å². The maximum Gasteiger partial charge on any atom is 0.336 e. The molecule has 1 aromatic rings. The lowest BCUT2D eigenvalue weighted by Gasteiger charge is -2.05. The molecule has 0 aromatic heterocycles. The molecule has 0 aliphatic heterocycles. The SMILES string of the molecule is Cc1cc(C(=O)O)c(S)c(C(=O)O)c1. The molecule has 0 fully saturated rings. The normalized spacial score (nSPS) is 9.86. The molecule has 0 bridgehead atoms. The van der Waals surface area contributed by atoms with Gasteiger partial charge in [-0.15, -0.1) is 12.6 Å². The fourth-order valence-corrected chi connectivity index (χ4v) is 1.43. The smallest absolute Gasteiger partial charge is 0.336 e. The summed E-state index contributed by atoms with van der Waals surface area (Å²) in [5.74, 6) is -2.36. The topological polar surface area (TPSA) is 74.6 Å². The van der Waals surface area contributed by atoms with Crippen LogP contribution in [0.5, 0.6) is 0 Å². The molecular weight excluding hydrogens is 204 g/mol. The Hall–Kier alpha value is -1.49. The first kappa shape index (κ1) is 10.6. The second-order valence-corrected chi connectivity index (χ2v) is 3.27. The molecule has 0 unspecified atom stereocenters. The molecule has 0 aliphatic rings. The minimum absolute atomic E-state index is 0.0180. The Labute approximate surface area is 85.6 Å². The molecule has 74 valence electrons. The van der Waals surface area contributed by atoms with Gasteiger partial charge in [0.1, 0.15) is 0 Å². The third-order valence-electron chi connectivity index (χ3n) is 1.72. The van der Waals surface area contributed by atoms with Gasteiger partial charge in [0.15, 0.2) is 0 Å². The van der Waals surface area contributed by atoms with Gasteiger partial charge in [0, 0.05) is 4.90 Å². The third-order valence-corrected chi connectivity index (χ3v) is 2.20. The van der Waals surface area contributed by atoms with Crippen LogP contribution in [0.4, 0.5) is 0 Å². The van der Waals surface area contributed by atoms with Crippen molar-refractivity contribution in [2.45, 2.75) is 11.8 Å². The fourth-order valence-electron chi connectivity index (χ4n) is 1.10. The first-order valence-electron chi connectivity index (χ1n) is 3.73. The van der Waals surface area contributed by atoms with Crippen LogP contribution in [0, 0.1) is 6.92 Å². The van der Waals surface area contributed by atoms with Gasteiger partial charge in [-0.05, 0) is 24.6 Å². The number of hydrogen-bond donors (Lipinski definition) is 3. The summed E-state index contributed by atoms with van der Waals surface area (Å²) in [6, 6.07) is 2.77. The zero-order valence-corrected chi connectivity index (χ0v) is 8.21. The number of thiol groups is 1. The van der Waals surface area contributed by atoms with Crippen LogP contribution in [0.25, 0.3) is 0 Å². The minimum Gasteiger partial charge on any atom is -0.478 e. The summed E-state index contributed by atoms with van der Waals surface area (Å²) in [5, 5.41) is 17.5. The molecule has 2 N–H and O–H groups in total. The summed E-state index contributed by atoms with van der Waals surface area (Å²) in [6.45, 7) is 1.63. The maximum atomic E-state index is 10.7. The van der Waals surface area contributed by atoms with E-state index in [2.05, 4.69) is 12.6 Å². The van der Waals surface area contributed by atoms with E-state index in [-0.39, 0.29) is 16.0 Å². The second-order valence-electron chi connectivity index (χ2n) is 2.82. The van der Waals surface area contributed by atoms with Crippen molar-refractivity contribution in [3.63, 3.8) is 0 Å². The summed E-state index contributed by atoms with van der Waals surface area (Å²) in [5.41, 5.74) is 0.397. The molecule has 1 rings (SSSR count). The van der Waals surface area contributed by atoms with Crippen LogP contribution in [0.3, 0.4) is 0 Å². The van der Waals surface area contributed by atoms with E-state index >= 15 is 0 Å². The van der Waals surface area contributed by atoms with Crippen LogP contribution in [0.2, 0.25) is 0 Å². The summed E-state index contributed by atoms with van der Waals surface area (Å²) in [6.07, 6.45) is 0. The van der Waals surface area contributed by atoms with Crippen molar-refractivity contribution in [3.05, 3.63) is 28.8 Å². The van der Waals surface area contributed by atoms with Gasteiger partial charge in [0.05, 0.1) is 11.1 Å². The van der Waals surface area contributed by atoms with Crippen molar-refractivity contribution in [2.24, 2.45) is 0 Å².